The van der Waals surface area contributed by atoms with E-state index in [0.717, 1.165) is 25.9 Å². The first-order valence-corrected chi connectivity index (χ1v) is 9.75. The van der Waals surface area contributed by atoms with E-state index >= 15 is 0 Å². The molecule has 0 radical (unpaired) electrons. The van der Waals surface area contributed by atoms with Crippen molar-refractivity contribution < 1.29 is 0 Å². The summed E-state index contributed by atoms with van der Waals surface area (Å²) in [5, 5.41) is 7.28. The van der Waals surface area contributed by atoms with E-state index < -0.39 is 0 Å². The molecule has 1 aliphatic heterocycles. The molecule has 1 aliphatic rings. The summed E-state index contributed by atoms with van der Waals surface area (Å²) in [6.07, 6.45) is 15.4. The molecule has 2 unspecified atom stereocenters. The lowest BCUT2D eigenvalue weighted by atomic mass is 9.99. The zero-order valence-electron chi connectivity index (χ0n) is 14.4. The maximum Gasteiger partial charge on any atom is 0.0950 e. The number of alkyl halides is 1. The maximum absolute atomic E-state index is 6.86. The van der Waals surface area contributed by atoms with Crippen LogP contribution in [0.4, 0.5) is 0 Å². The van der Waals surface area contributed by atoms with Crippen molar-refractivity contribution in [2.75, 3.05) is 13.1 Å². The van der Waals surface area contributed by atoms with Crippen LogP contribution in [0.2, 0.25) is 0 Å². The Morgan fingerprint density at radius 1 is 0.952 bits per heavy atom. The predicted octanol–water partition coefficient (Wildman–Crippen LogP) is 5.20. The van der Waals surface area contributed by atoms with E-state index in [1.165, 1.54) is 64.2 Å². The third-order valence-electron chi connectivity index (χ3n) is 4.65. The van der Waals surface area contributed by atoms with Gasteiger partial charge in [0, 0.05) is 6.04 Å². The first-order valence-electron chi connectivity index (χ1n) is 9.37. The molecule has 126 valence electrons. The Balaban J connectivity index is 2.36. The van der Waals surface area contributed by atoms with Gasteiger partial charge in [-0.25, -0.2) is 0 Å². The molecule has 1 rings (SSSR count). The van der Waals surface area contributed by atoms with Gasteiger partial charge in [-0.15, -0.1) is 11.6 Å². The molecule has 1 fully saturated rings. The molecule has 2 nitrogen and oxygen atoms in total. The Morgan fingerprint density at radius 2 is 1.67 bits per heavy atom. The smallest absolute Gasteiger partial charge is 0.0950 e. The number of hydrogen-bond acceptors (Lipinski definition) is 2. The summed E-state index contributed by atoms with van der Waals surface area (Å²) < 4.78 is 0. The first-order chi connectivity index (χ1) is 10.2. The second-order valence-electron chi connectivity index (χ2n) is 6.76. The highest BCUT2D eigenvalue weighted by molar-refractivity contribution is 6.23. The van der Waals surface area contributed by atoms with Gasteiger partial charge >= 0.3 is 0 Å². The van der Waals surface area contributed by atoms with Gasteiger partial charge in [0.1, 0.15) is 0 Å². The quantitative estimate of drug-likeness (QED) is 0.311. The molecule has 1 heterocycles. The highest BCUT2D eigenvalue weighted by Gasteiger charge is 2.30. The Hall–Kier alpha value is 0.210. The van der Waals surface area contributed by atoms with E-state index in [2.05, 4.69) is 24.5 Å². The third-order valence-corrected chi connectivity index (χ3v) is 5.14. The fourth-order valence-corrected chi connectivity index (χ4v) is 3.66. The van der Waals surface area contributed by atoms with E-state index in [1.807, 2.05) is 0 Å². The first kappa shape index (κ1) is 19.3. The molecule has 21 heavy (non-hydrogen) atoms. The fraction of sp³-hybridized carbons (Fsp3) is 1.00. The van der Waals surface area contributed by atoms with Crippen LogP contribution in [0, 0.1) is 0 Å². The lowest BCUT2D eigenvalue weighted by molar-refractivity contribution is 0.320. The normalized spacial score (nSPS) is 24.7. The Bertz CT molecular complexity index is 237. The van der Waals surface area contributed by atoms with Crippen LogP contribution >= 0.6 is 11.6 Å². The van der Waals surface area contributed by atoms with E-state index in [4.69, 9.17) is 11.6 Å². The van der Waals surface area contributed by atoms with Crippen LogP contribution in [0.5, 0.6) is 0 Å². The van der Waals surface area contributed by atoms with Crippen molar-refractivity contribution in [1.82, 2.24) is 10.6 Å². The minimum Gasteiger partial charge on any atom is -0.317 e. The summed E-state index contributed by atoms with van der Waals surface area (Å²) in [5.41, 5.74) is 0. The van der Waals surface area contributed by atoms with Crippen molar-refractivity contribution in [3.05, 3.63) is 0 Å². The van der Waals surface area contributed by atoms with Crippen LogP contribution in [0.25, 0.3) is 0 Å². The van der Waals surface area contributed by atoms with Crippen molar-refractivity contribution in [3.63, 3.8) is 0 Å². The lowest BCUT2D eigenvalue weighted by Crippen LogP contribution is -2.46. The fourth-order valence-electron chi connectivity index (χ4n) is 3.27. The van der Waals surface area contributed by atoms with Gasteiger partial charge in [0.2, 0.25) is 0 Å². The molecule has 0 aromatic rings. The topological polar surface area (TPSA) is 24.1 Å². The summed E-state index contributed by atoms with van der Waals surface area (Å²) in [7, 11) is 0. The van der Waals surface area contributed by atoms with Gasteiger partial charge in [-0.1, -0.05) is 58.8 Å². The van der Waals surface area contributed by atoms with Gasteiger partial charge in [-0.3, -0.25) is 5.32 Å². The highest BCUT2D eigenvalue weighted by atomic mass is 35.5. The molecular weight excluding hydrogens is 280 g/mol. The van der Waals surface area contributed by atoms with Crippen LogP contribution in [-0.2, 0) is 0 Å². The third kappa shape index (κ3) is 9.05. The maximum atomic E-state index is 6.86. The van der Waals surface area contributed by atoms with Gasteiger partial charge in [-0.05, 0) is 45.2 Å². The lowest BCUT2D eigenvalue weighted by Gasteiger charge is -2.32. The molecule has 0 aliphatic carbocycles. The van der Waals surface area contributed by atoms with Gasteiger partial charge in [0.25, 0.3) is 0 Å². The van der Waals surface area contributed by atoms with Gasteiger partial charge in [0.15, 0.2) is 0 Å². The number of rotatable bonds is 11. The van der Waals surface area contributed by atoms with Crippen molar-refractivity contribution in [1.29, 1.82) is 0 Å². The van der Waals surface area contributed by atoms with E-state index in [0.29, 0.717) is 6.04 Å². The van der Waals surface area contributed by atoms with Gasteiger partial charge in [-0.2, -0.15) is 0 Å². The number of unbranched alkanes of at least 4 members (excludes halogenated alkanes) is 5. The number of nitrogens with one attached hydrogen (secondary N) is 2. The molecular formula is C18H37ClN2. The average molecular weight is 317 g/mol. The summed E-state index contributed by atoms with van der Waals surface area (Å²) in [5.74, 6) is 0. The van der Waals surface area contributed by atoms with Crippen molar-refractivity contribution in [3.8, 4) is 0 Å². The van der Waals surface area contributed by atoms with E-state index in [-0.39, 0.29) is 5.00 Å². The zero-order chi connectivity index (χ0) is 15.4. The molecule has 1 saturated heterocycles. The van der Waals surface area contributed by atoms with Crippen molar-refractivity contribution in [2.45, 2.75) is 102 Å². The minimum absolute atomic E-state index is 0.161. The molecule has 0 aromatic carbocycles. The molecule has 2 N–H and O–H groups in total. The van der Waals surface area contributed by atoms with Crippen LogP contribution in [0.1, 0.15) is 90.9 Å². The Labute approximate surface area is 137 Å². The predicted molar refractivity (Wildman–Crippen MR) is 95.1 cm³/mol. The molecule has 0 bridgehead atoms. The SMILES string of the molecule is CCCCCCCC(CCCC)NC1(Cl)CCCNCC1. The van der Waals surface area contributed by atoms with Crippen LogP contribution in [0.15, 0.2) is 0 Å². The van der Waals surface area contributed by atoms with Crippen molar-refractivity contribution in [2.24, 2.45) is 0 Å². The average Bonchev–Trinajstić information content (AvgIpc) is 2.69. The summed E-state index contributed by atoms with van der Waals surface area (Å²) in [4.78, 5) is -0.161. The van der Waals surface area contributed by atoms with Gasteiger partial charge in [0.05, 0.1) is 5.00 Å². The summed E-state index contributed by atoms with van der Waals surface area (Å²) in [6, 6.07) is 0.613. The van der Waals surface area contributed by atoms with Crippen molar-refractivity contribution >= 4 is 11.6 Å². The van der Waals surface area contributed by atoms with Crippen LogP contribution in [0.3, 0.4) is 0 Å². The molecule has 0 aromatic heterocycles. The number of halogens is 1. The number of hydrogen-bond donors (Lipinski definition) is 2. The minimum atomic E-state index is -0.161. The van der Waals surface area contributed by atoms with Gasteiger partial charge < -0.3 is 5.32 Å². The van der Waals surface area contributed by atoms with Crippen LogP contribution < -0.4 is 10.6 Å². The second-order valence-corrected chi connectivity index (χ2v) is 7.48. The zero-order valence-corrected chi connectivity index (χ0v) is 15.1. The second kappa shape index (κ2) is 11.7. The Kier molecular flexibility index (Phi) is 10.8. The molecule has 0 saturated carbocycles. The molecule has 3 heteroatoms. The standard InChI is InChI=1S/C18H37ClN2/c1-3-5-7-8-9-12-17(11-6-4-2)21-18(19)13-10-15-20-16-14-18/h17,20-21H,3-16H2,1-2H3. The van der Waals surface area contributed by atoms with E-state index in [1.54, 1.807) is 0 Å². The largest absolute Gasteiger partial charge is 0.317 e. The monoisotopic (exact) mass is 316 g/mol. The Morgan fingerprint density at radius 3 is 2.43 bits per heavy atom. The summed E-state index contributed by atoms with van der Waals surface area (Å²) >= 11 is 6.86. The highest BCUT2D eigenvalue weighted by Crippen LogP contribution is 2.27. The van der Waals surface area contributed by atoms with E-state index in [9.17, 15) is 0 Å². The molecule has 2 atom stereocenters. The molecule has 0 spiro atoms. The summed E-state index contributed by atoms with van der Waals surface area (Å²) in [6.45, 7) is 6.73. The molecule has 0 amide bonds. The van der Waals surface area contributed by atoms with Crippen LogP contribution in [-0.4, -0.2) is 24.1 Å².